The van der Waals surface area contributed by atoms with Crippen molar-refractivity contribution in [1.82, 2.24) is 5.32 Å². The van der Waals surface area contributed by atoms with Crippen LogP contribution in [-0.2, 0) is 6.18 Å². The summed E-state index contributed by atoms with van der Waals surface area (Å²) in [6.07, 6.45) is -2.10. The van der Waals surface area contributed by atoms with Gasteiger partial charge in [0.05, 0.1) is 5.56 Å². The summed E-state index contributed by atoms with van der Waals surface area (Å²) < 4.78 is 38.7. The van der Waals surface area contributed by atoms with Gasteiger partial charge in [0, 0.05) is 6.04 Å². The topological polar surface area (TPSA) is 12.0 Å². The highest BCUT2D eigenvalue weighted by atomic mass is 19.4. The largest absolute Gasteiger partial charge is 0.416 e. The van der Waals surface area contributed by atoms with Crippen LogP contribution in [0.5, 0.6) is 0 Å². The molecule has 2 aliphatic heterocycles. The summed E-state index contributed by atoms with van der Waals surface area (Å²) in [5, 5.41) is 3.25. The fourth-order valence-electron chi connectivity index (χ4n) is 3.08. The average molecular weight is 241 g/mol. The third-order valence-electron chi connectivity index (χ3n) is 3.97. The molecule has 1 aromatic carbocycles. The molecule has 3 aliphatic rings. The molecular weight excluding hydrogens is 227 g/mol. The van der Waals surface area contributed by atoms with Crippen LogP contribution < -0.4 is 5.32 Å². The minimum absolute atomic E-state index is 0.113. The van der Waals surface area contributed by atoms with Crippen LogP contribution in [0.1, 0.15) is 30.0 Å². The molecule has 1 atom stereocenters. The van der Waals surface area contributed by atoms with Crippen LogP contribution >= 0.6 is 0 Å². The molecule has 1 unspecified atom stereocenters. The zero-order valence-corrected chi connectivity index (χ0v) is 9.30. The summed E-state index contributed by atoms with van der Waals surface area (Å²) in [5.41, 5.74) is -0.0639. The Labute approximate surface area is 98.0 Å². The Balaban J connectivity index is 1.96. The molecule has 2 heterocycles. The first-order chi connectivity index (χ1) is 8.05. The Morgan fingerprint density at radius 2 is 1.82 bits per heavy atom. The highest BCUT2D eigenvalue weighted by molar-refractivity contribution is 5.33. The minimum atomic E-state index is -4.25. The van der Waals surface area contributed by atoms with E-state index in [4.69, 9.17) is 0 Å². The molecule has 1 saturated carbocycles. The lowest BCUT2D eigenvalue weighted by Gasteiger charge is -2.48. The van der Waals surface area contributed by atoms with Crippen LogP contribution in [-0.4, -0.2) is 6.54 Å². The van der Waals surface area contributed by atoms with Gasteiger partial charge >= 0.3 is 6.18 Å². The second-order valence-corrected chi connectivity index (χ2v) is 5.07. The Morgan fingerprint density at radius 1 is 1.12 bits per heavy atom. The fraction of sp³-hybridized carbons (Fsp3) is 0.538. The van der Waals surface area contributed by atoms with Gasteiger partial charge in [0.25, 0.3) is 0 Å². The molecule has 1 nitrogen and oxygen atoms in total. The van der Waals surface area contributed by atoms with Crippen LogP contribution in [0.2, 0.25) is 0 Å². The van der Waals surface area contributed by atoms with E-state index in [0.29, 0.717) is 17.4 Å². The summed E-state index contributed by atoms with van der Waals surface area (Å²) in [5.74, 6) is 1.08. The second-order valence-electron chi connectivity index (χ2n) is 5.07. The van der Waals surface area contributed by atoms with Gasteiger partial charge in [-0.3, -0.25) is 0 Å². The van der Waals surface area contributed by atoms with Gasteiger partial charge in [-0.1, -0.05) is 18.2 Å². The molecule has 4 heteroatoms. The standard InChI is InChI=1S/C13H14F3N/c14-13(15,16)11-4-2-1-3-10(11)12-9-5-8(6-9)7-17-12/h1-4,8-9,12,17H,5-7H2. The van der Waals surface area contributed by atoms with Gasteiger partial charge in [-0.2, -0.15) is 13.2 Å². The number of piperidine rings is 2. The molecule has 3 fully saturated rings. The fourth-order valence-corrected chi connectivity index (χ4v) is 3.08. The summed E-state index contributed by atoms with van der Waals surface area (Å²) >= 11 is 0. The lowest BCUT2D eigenvalue weighted by atomic mass is 9.66. The maximum Gasteiger partial charge on any atom is 0.416 e. The molecule has 92 valence electrons. The van der Waals surface area contributed by atoms with Gasteiger partial charge < -0.3 is 5.32 Å². The van der Waals surface area contributed by atoms with E-state index in [1.54, 1.807) is 12.1 Å². The van der Waals surface area contributed by atoms with E-state index in [9.17, 15) is 13.2 Å². The zero-order chi connectivity index (χ0) is 12.0. The molecule has 2 bridgehead atoms. The van der Waals surface area contributed by atoms with E-state index >= 15 is 0 Å². The monoisotopic (exact) mass is 241 g/mol. The maximum absolute atomic E-state index is 12.9. The Hall–Kier alpha value is -1.03. The lowest BCUT2D eigenvalue weighted by Crippen LogP contribution is -2.48. The highest BCUT2D eigenvalue weighted by Crippen LogP contribution is 2.48. The van der Waals surface area contributed by atoms with Crippen LogP contribution in [0.15, 0.2) is 24.3 Å². The Bertz CT molecular complexity index is 418. The number of rotatable bonds is 1. The average Bonchev–Trinajstić information content (AvgIpc) is 2.27. The van der Waals surface area contributed by atoms with E-state index in [2.05, 4.69) is 5.32 Å². The first-order valence-corrected chi connectivity index (χ1v) is 5.95. The molecule has 17 heavy (non-hydrogen) atoms. The smallest absolute Gasteiger partial charge is 0.309 e. The van der Waals surface area contributed by atoms with Gasteiger partial charge in [0.1, 0.15) is 0 Å². The van der Waals surface area contributed by atoms with Gasteiger partial charge in [-0.15, -0.1) is 0 Å². The number of hydrogen-bond acceptors (Lipinski definition) is 1. The van der Waals surface area contributed by atoms with Crippen molar-refractivity contribution in [3.05, 3.63) is 35.4 Å². The number of alkyl halides is 3. The van der Waals surface area contributed by atoms with Gasteiger partial charge in [-0.05, 0) is 42.9 Å². The predicted molar refractivity (Wildman–Crippen MR) is 58.4 cm³/mol. The van der Waals surface area contributed by atoms with Crippen LogP contribution in [0.4, 0.5) is 13.2 Å². The number of halogens is 3. The summed E-state index contributed by atoms with van der Waals surface area (Å²) in [4.78, 5) is 0. The molecule has 4 rings (SSSR count). The van der Waals surface area contributed by atoms with E-state index in [0.717, 1.165) is 19.4 Å². The summed E-state index contributed by atoms with van der Waals surface area (Å²) in [6.45, 7) is 0.855. The summed E-state index contributed by atoms with van der Waals surface area (Å²) in [7, 11) is 0. The number of benzene rings is 1. The molecule has 0 spiro atoms. The third-order valence-corrected chi connectivity index (χ3v) is 3.97. The molecule has 2 saturated heterocycles. The Kier molecular flexibility index (Phi) is 2.43. The molecule has 1 aliphatic carbocycles. The minimum Gasteiger partial charge on any atom is -0.309 e. The van der Waals surface area contributed by atoms with Crippen LogP contribution in [0.25, 0.3) is 0 Å². The van der Waals surface area contributed by atoms with E-state index in [1.807, 2.05) is 0 Å². The van der Waals surface area contributed by atoms with Gasteiger partial charge in [-0.25, -0.2) is 0 Å². The van der Waals surface area contributed by atoms with Crippen molar-refractivity contribution in [3.8, 4) is 0 Å². The normalized spacial score (nSPS) is 32.1. The molecule has 0 amide bonds. The second kappa shape index (κ2) is 3.73. The van der Waals surface area contributed by atoms with E-state index < -0.39 is 11.7 Å². The van der Waals surface area contributed by atoms with Crippen molar-refractivity contribution < 1.29 is 13.2 Å². The van der Waals surface area contributed by atoms with Crippen LogP contribution in [0, 0.1) is 11.8 Å². The van der Waals surface area contributed by atoms with Crippen molar-refractivity contribution in [1.29, 1.82) is 0 Å². The quantitative estimate of drug-likeness (QED) is 0.794. The summed E-state index contributed by atoms with van der Waals surface area (Å²) in [6, 6.07) is 5.83. The van der Waals surface area contributed by atoms with E-state index in [1.165, 1.54) is 12.1 Å². The van der Waals surface area contributed by atoms with E-state index in [-0.39, 0.29) is 6.04 Å². The first kappa shape index (κ1) is 11.1. The molecular formula is C13H14F3N. The number of hydrogen-bond donors (Lipinski definition) is 1. The molecule has 1 N–H and O–H groups in total. The lowest BCUT2D eigenvalue weighted by molar-refractivity contribution is -0.139. The first-order valence-electron chi connectivity index (χ1n) is 5.95. The maximum atomic E-state index is 12.9. The van der Waals surface area contributed by atoms with Gasteiger partial charge in [0.2, 0.25) is 0 Å². The van der Waals surface area contributed by atoms with Crippen molar-refractivity contribution >= 4 is 0 Å². The van der Waals surface area contributed by atoms with Crippen molar-refractivity contribution in [2.45, 2.75) is 25.1 Å². The molecule has 0 aromatic heterocycles. The molecule has 1 aromatic rings. The SMILES string of the molecule is FC(F)(F)c1ccccc1C1NCC2CC1C2. The Morgan fingerprint density at radius 3 is 2.41 bits per heavy atom. The highest BCUT2D eigenvalue weighted by Gasteiger charge is 2.43. The van der Waals surface area contributed by atoms with Crippen LogP contribution in [0.3, 0.4) is 0 Å². The van der Waals surface area contributed by atoms with Crippen molar-refractivity contribution in [2.24, 2.45) is 11.8 Å². The number of fused-ring (bicyclic) bond motifs is 2. The van der Waals surface area contributed by atoms with Crippen molar-refractivity contribution in [2.75, 3.05) is 6.54 Å². The third kappa shape index (κ3) is 1.84. The zero-order valence-electron chi connectivity index (χ0n) is 9.30. The number of nitrogens with one attached hydrogen (secondary N) is 1. The van der Waals surface area contributed by atoms with Gasteiger partial charge in [0.15, 0.2) is 0 Å². The van der Waals surface area contributed by atoms with Crippen molar-refractivity contribution in [3.63, 3.8) is 0 Å². The molecule has 0 radical (unpaired) electrons. The predicted octanol–water partition coefficient (Wildman–Crippen LogP) is 3.38.